The minimum absolute atomic E-state index is 0.151. The first-order valence-corrected chi connectivity index (χ1v) is 5.49. The summed E-state index contributed by atoms with van der Waals surface area (Å²) in [7, 11) is 0. The molecule has 0 saturated heterocycles. The Morgan fingerprint density at radius 1 is 1.62 bits per heavy atom. The van der Waals surface area contributed by atoms with E-state index in [0.717, 1.165) is 22.3 Å². The summed E-state index contributed by atoms with van der Waals surface area (Å²) in [4.78, 5) is 4.18. The van der Waals surface area contributed by atoms with E-state index in [-0.39, 0.29) is 5.50 Å². The van der Waals surface area contributed by atoms with E-state index in [0.29, 0.717) is 0 Å². The van der Waals surface area contributed by atoms with Crippen molar-refractivity contribution in [2.24, 2.45) is 0 Å². The highest BCUT2D eigenvalue weighted by molar-refractivity contribution is 9.09. The summed E-state index contributed by atoms with van der Waals surface area (Å²) >= 11 is 9.45. The molecule has 0 fully saturated rings. The summed E-state index contributed by atoms with van der Waals surface area (Å²) < 4.78 is 0. The number of pyridine rings is 1. The van der Waals surface area contributed by atoms with E-state index in [1.165, 1.54) is 0 Å². The van der Waals surface area contributed by atoms with Crippen LogP contribution in [0.1, 0.15) is 5.56 Å². The van der Waals surface area contributed by atoms with Gasteiger partial charge in [-0.25, -0.2) is 4.98 Å². The monoisotopic (exact) mass is 258 g/mol. The van der Waals surface area contributed by atoms with Gasteiger partial charge in [-0.1, -0.05) is 27.5 Å². The number of rotatable bonds is 1. The number of anilines is 1. The van der Waals surface area contributed by atoms with Crippen LogP contribution in [0.15, 0.2) is 23.9 Å². The third kappa shape index (κ3) is 1.71. The Bertz CT molecular complexity index is 351. The summed E-state index contributed by atoms with van der Waals surface area (Å²) in [5, 5.41) is 3.90. The lowest BCUT2D eigenvalue weighted by atomic mass is 10.1. The first-order valence-electron chi connectivity index (χ1n) is 3.93. The highest BCUT2D eigenvalue weighted by Gasteiger charge is 2.17. The van der Waals surface area contributed by atoms with Crippen LogP contribution < -0.4 is 5.32 Å². The lowest BCUT2D eigenvalue weighted by molar-refractivity contribution is 1.08. The number of alkyl halides is 2. The van der Waals surface area contributed by atoms with Gasteiger partial charge in [0.25, 0.3) is 0 Å². The van der Waals surface area contributed by atoms with Gasteiger partial charge in [-0.05, 0) is 23.8 Å². The maximum absolute atomic E-state index is 6.06. The molecule has 1 unspecified atom stereocenters. The molecule has 0 amide bonds. The first kappa shape index (κ1) is 9.03. The first-order chi connectivity index (χ1) is 6.31. The van der Waals surface area contributed by atoms with Crippen molar-refractivity contribution >= 4 is 39.4 Å². The lowest BCUT2D eigenvalue weighted by Gasteiger charge is -2.21. The number of nitrogens with one attached hydrogen (secondary N) is 1. The summed E-state index contributed by atoms with van der Waals surface area (Å²) in [6.07, 6.45) is 3.81. The quantitative estimate of drug-likeness (QED) is 0.620. The number of fused-ring (bicyclic) bond motifs is 1. The molecule has 1 aromatic heterocycles. The maximum atomic E-state index is 6.06. The van der Waals surface area contributed by atoms with Gasteiger partial charge in [-0.2, -0.15) is 0 Å². The minimum Gasteiger partial charge on any atom is -0.350 e. The Morgan fingerprint density at radius 3 is 3.23 bits per heavy atom. The van der Waals surface area contributed by atoms with E-state index < -0.39 is 0 Å². The Labute approximate surface area is 90.1 Å². The lowest BCUT2D eigenvalue weighted by Crippen LogP contribution is -2.20. The van der Waals surface area contributed by atoms with Gasteiger partial charge in [-0.3, -0.25) is 0 Å². The van der Waals surface area contributed by atoms with E-state index in [2.05, 4.69) is 32.3 Å². The smallest absolute Gasteiger partial charge is 0.134 e. The van der Waals surface area contributed by atoms with E-state index in [4.69, 9.17) is 11.6 Å². The molecular formula is C9H8BrClN2. The fourth-order valence-electron chi connectivity index (χ4n) is 1.25. The molecule has 4 heteroatoms. The molecule has 13 heavy (non-hydrogen) atoms. The second kappa shape index (κ2) is 3.68. The fourth-order valence-corrected chi connectivity index (χ4v) is 2.16. The van der Waals surface area contributed by atoms with Gasteiger partial charge >= 0.3 is 0 Å². The molecule has 1 atom stereocenters. The predicted molar refractivity (Wildman–Crippen MR) is 59.3 cm³/mol. The minimum atomic E-state index is -0.151. The van der Waals surface area contributed by atoms with Gasteiger partial charge in [-0.15, -0.1) is 0 Å². The molecule has 1 N–H and O–H groups in total. The number of hydrogen-bond acceptors (Lipinski definition) is 2. The van der Waals surface area contributed by atoms with E-state index in [1.54, 1.807) is 6.20 Å². The van der Waals surface area contributed by atoms with Crippen LogP contribution in [0.2, 0.25) is 0 Å². The highest BCUT2D eigenvalue weighted by Crippen LogP contribution is 2.27. The highest BCUT2D eigenvalue weighted by atomic mass is 79.9. The average molecular weight is 260 g/mol. The van der Waals surface area contributed by atoms with Crippen LogP contribution >= 0.6 is 27.5 Å². The molecule has 0 aliphatic carbocycles. The zero-order valence-electron chi connectivity index (χ0n) is 6.80. The molecule has 0 saturated carbocycles. The van der Waals surface area contributed by atoms with Crippen molar-refractivity contribution in [3.8, 4) is 0 Å². The van der Waals surface area contributed by atoms with E-state index in [1.807, 2.05) is 12.1 Å². The molecule has 2 nitrogen and oxygen atoms in total. The molecule has 0 aromatic carbocycles. The van der Waals surface area contributed by atoms with Crippen LogP contribution in [-0.4, -0.2) is 15.8 Å². The zero-order chi connectivity index (χ0) is 9.26. The molecule has 2 heterocycles. The predicted octanol–water partition coefficient (Wildman–Crippen LogP) is 2.85. The van der Waals surface area contributed by atoms with Crippen LogP contribution in [0.4, 0.5) is 5.82 Å². The largest absolute Gasteiger partial charge is 0.350 e. The van der Waals surface area contributed by atoms with Crippen LogP contribution in [0, 0.1) is 0 Å². The van der Waals surface area contributed by atoms with Gasteiger partial charge in [0.2, 0.25) is 0 Å². The molecule has 1 aliphatic heterocycles. The van der Waals surface area contributed by atoms with Gasteiger partial charge in [0.15, 0.2) is 0 Å². The van der Waals surface area contributed by atoms with E-state index >= 15 is 0 Å². The number of halogens is 2. The third-order valence-electron chi connectivity index (χ3n) is 1.92. The second-order valence-electron chi connectivity index (χ2n) is 2.80. The van der Waals surface area contributed by atoms with Crippen molar-refractivity contribution in [3.63, 3.8) is 0 Å². The standard InChI is InChI=1S/C9H8BrClN2/c10-5-7-4-6-2-1-3-12-9(6)13-8(7)11/h1-4,8H,5H2,(H,12,13). The topological polar surface area (TPSA) is 24.9 Å². The van der Waals surface area contributed by atoms with Crippen molar-refractivity contribution in [1.82, 2.24) is 4.98 Å². The van der Waals surface area contributed by atoms with Crippen molar-refractivity contribution in [1.29, 1.82) is 0 Å². The molecular weight excluding hydrogens is 251 g/mol. The second-order valence-corrected chi connectivity index (χ2v) is 3.80. The Balaban J connectivity index is 2.44. The molecule has 1 aromatic rings. The Kier molecular flexibility index (Phi) is 2.56. The maximum Gasteiger partial charge on any atom is 0.134 e. The molecule has 1 aliphatic rings. The van der Waals surface area contributed by atoms with Crippen LogP contribution in [0.5, 0.6) is 0 Å². The average Bonchev–Trinajstić information content (AvgIpc) is 2.17. The van der Waals surface area contributed by atoms with Gasteiger partial charge in [0, 0.05) is 17.1 Å². The van der Waals surface area contributed by atoms with Crippen LogP contribution in [0.3, 0.4) is 0 Å². The number of hydrogen-bond donors (Lipinski definition) is 1. The van der Waals surface area contributed by atoms with Crippen LogP contribution in [0.25, 0.3) is 6.08 Å². The third-order valence-corrected chi connectivity index (χ3v) is 2.96. The van der Waals surface area contributed by atoms with Gasteiger partial charge in [0.1, 0.15) is 11.3 Å². The summed E-state index contributed by atoms with van der Waals surface area (Å²) in [6.45, 7) is 0. The molecule has 0 spiro atoms. The Morgan fingerprint density at radius 2 is 2.46 bits per heavy atom. The van der Waals surface area contributed by atoms with Crippen LogP contribution in [-0.2, 0) is 0 Å². The van der Waals surface area contributed by atoms with Crippen molar-refractivity contribution in [2.75, 3.05) is 10.6 Å². The SMILES string of the molecule is ClC1Nc2ncccc2C=C1CBr. The number of aromatic nitrogens is 1. The van der Waals surface area contributed by atoms with E-state index in [9.17, 15) is 0 Å². The number of nitrogens with zero attached hydrogens (tertiary/aromatic N) is 1. The summed E-state index contributed by atoms with van der Waals surface area (Å²) in [5.74, 6) is 0.854. The van der Waals surface area contributed by atoms with Crippen molar-refractivity contribution in [3.05, 3.63) is 29.5 Å². The molecule has 68 valence electrons. The zero-order valence-corrected chi connectivity index (χ0v) is 9.14. The van der Waals surface area contributed by atoms with Gasteiger partial charge < -0.3 is 5.32 Å². The van der Waals surface area contributed by atoms with Crippen molar-refractivity contribution < 1.29 is 0 Å². The molecule has 0 bridgehead atoms. The molecule has 2 rings (SSSR count). The Hall–Kier alpha value is -0.540. The van der Waals surface area contributed by atoms with Crippen molar-refractivity contribution in [2.45, 2.75) is 5.50 Å². The fraction of sp³-hybridized carbons (Fsp3) is 0.222. The molecule has 0 radical (unpaired) electrons. The summed E-state index contributed by atoms with van der Waals surface area (Å²) in [5.41, 5.74) is 2.07. The van der Waals surface area contributed by atoms with Gasteiger partial charge in [0.05, 0.1) is 0 Å². The summed E-state index contributed by atoms with van der Waals surface area (Å²) in [6, 6.07) is 3.93. The normalized spacial score (nSPS) is 20.2.